The van der Waals surface area contributed by atoms with Crippen LogP contribution in [0.25, 0.3) is 0 Å². The molecule has 2 heterocycles. The van der Waals surface area contributed by atoms with E-state index in [-0.39, 0.29) is 29.9 Å². The molecule has 3 aromatic rings. The van der Waals surface area contributed by atoms with Gasteiger partial charge in [0.2, 0.25) is 0 Å². The molecule has 0 saturated carbocycles. The quantitative estimate of drug-likeness (QED) is 0.465. The number of hydrogen-bond donors (Lipinski definition) is 0. The van der Waals surface area contributed by atoms with Crippen LogP contribution in [-0.2, 0) is 19.5 Å². The highest BCUT2D eigenvalue weighted by Crippen LogP contribution is 2.31. The standard InChI is InChI=1S/C23H21ClF4N4O2/c24-19-5-2-6-20(25)18(19)14-30-9-11-31(12-10-30)22(33)21-7-8-32(29-21)15-34-17-4-1-3-16(13-17)23(26,27)28/h1-8,13H,9-12,14-15H2. The van der Waals surface area contributed by atoms with Gasteiger partial charge in [-0.3, -0.25) is 9.69 Å². The van der Waals surface area contributed by atoms with Gasteiger partial charge in [0.25, 0.3) is 5.91 Å². The van der Waals surface area contributed by atoms with Gasteiger partial charge >= 0.3 is 6.18 Å². The van der Waals surface area contributed by atoms with Gasteiger partial charge in [0.1, 0.15) is 11.6 Å². The molecule has 0 bridgehead atoms. The monoisotopic (exact) mass is 496 g/mol. The van der Waals surface area contributed by atoms with Gasteiger partial charge in [0.15, 0.2) is 12.4 Å². The zero-order chi connectivity index (χ0) is 24.3. The lowest BCUT2D eigenvalue weighted by Gasteiger charge is -2.34. The Morgan fingerprint density at radius 1 is 1.06 bits per heavy atom. The van der Waals surface area contributed by atoms with Crippen molar-refractivity contribution in [3.8, 4) is 5.75 Å². The van der Waals surface area contributed by atoms with E-state index in [1.54, 1.807) is 17.0 Å². The zero-order valence-electron chi connectivity index (χ0n) is 17.9. The maximum atomic E-state index is 14.0. The van der Waals surface area contributed by atoms with Crippen molar-refractivity contribution in [2.45, 2.75) is 19.5 Å². The molecule has 1 saturated heterocycles. The number of carbonyl (C=O) groups excluding carboxylic acids is 1. The minimum atomic E-state index is -4.46. The zero-order valence-corrected chi connectivity index (χ0v) is 18.7. The maximum Gasteiger partial charge on any atom is 0.416 e. The molecule has 1 aliphatic heterocycles. The summed E-state index contributed by atoms with van der Waals surface area (Å²) in [5.74, 6) is -0.574. The van der Waals surface area contributed by atoms with Gasteiger partial charge in [-0.1, -0.05) is 23.7 Å². The third-order valence-electron chi connectivity index (χ3n) is 5.49. The number of aromatic nitrogens is 2. The number of halogens is 5. The first-order valence-electron chi connectivity index (χ1n) is 10.5. The molecule has 180 valence electrons. The second-order valence-corrected chi connectivity index (χ2v) is 8.22. The summed E-state index contributed by atoms with van der Waals surface area (Å²) >= 11 is 6.10. The fraction of sp³-hybridized carbons (Fsp3) is 0.304. The summed E-state index contributed by atoms with van der Waals surface area (Å²) in [4.78, 5) is 16.5. The van der Waals surface area contributed by atoms with E-state index >= 15 is 0 Å². The molecule has 0 radical (unpaired) electrons. The molecule has 1 amide bonds. The van der Waals surface area contributed by atoms with Gasteiger partial charge in [0.05, 0.1) is 5.56 Å². The lowest BCUT2D eigenvalue weighted by atomic mass is 10.1. The summed E-state index contributed by atoms with van der Waals surface area (Å²) in [6.45, 7) is 2.20. The molecule has 0 unspecified atom stereocenters. The van der Waals surface area contributed by atoms with Gasteiger partial charge in [0, 0.05) is 49.5 Å². The lowest BCUT2D eigenvalue weighted by Crippen LogP contribution is -2.48. The number of amides is 1. The van der Waals surface area contributed by atoms with E-state index in [0.29, 0.717) is 43.3 Å². The topological polar surface area (TPSA) is 50.6 Å². The highest BCUT2D eigenvalue weighted by molar-refractivity contribution is 6.31. The number of nitrogens with zero attached hydrogens (tertiary/aromatic N) is 4. The van der Waals surface area contributed by atoms with Crippen molar-refractivity contribution in [2.24, 2.45) is 0 Å². The molecule has 4 rings (SSSR count). The smallest absolute Gasteiger partial charge is 0.416 e. The van der Waals surface area contributed by atoms with E-state index in [1.165, 1.54) is 35.1 Å². The number of benzene rings is 2. The average Bonchev–Trinajstić information content (AvgIpc) is 3.29. The van der Waals surface area contributed by atoms with Crippen LogP contribution in [0, 0.1) is 5.82 Å². The van der Waals surface area contributed by atoms with E-state index in [1.807, 2.05) is 4.90 Å². The van der Waals surface area contributed by atoms with Crippen LogP contribution < -0.4 is 4.74 Å². The van der Waals surface area contributed by atoms with Crippen molar-refractivity contribution in [3.05, 3.63) is 82.4 Å². The molecule has 0 N–H and O–H groups in total. The van der Waals surface area contributed by atoms with Crippen molar-refractivity contribution in [2.75, 3.05) is 26.2 Å². The summed E-state index contributed by atoms with van der Waals surface area (Å²) in [6, 6.07) is 10.6. The number of hydrogen-bond acceptors (Lipinski definition) is 4. The fourth-order valence-electron chi connectivity index (χ4n) is 3.63. The Labute approximate surface area is 198 Å². The van der Waals surface area contributed by atoms with E-state index in [0.717, 1.165) is 12.1 Å². The van der Waals surface area contributed by atoms with Crippen LogP contribution in [0.5, 0.6) is 5.75 Å². The predicted molar refractivity (Wildman–Crippen MR) is 117 cm³/mol. The van der Waals surface area contributed by atoms with E-state index in [9.17, 15) is 22.4 Å². The summed E-state index contributed by atoms with van der Waals surface area (Å²) in [5.41, 5.74) is -0.167. The maximum absolute atomic E-state index is 14.0. The normalized spacial score (nSPS) is 14.9. The SMILES string of the molecule is O=C(c1ccn(COc2cccc(C(F)(F)F)c2)n1)N1CCN(Cc2c(F)cccc2Cl)CC1. The molecule has 1 aromatic heterocycles. The molecular weight excluding hydrogens is 476 g/mol. The van der Waals surface area contributed by atoms with Gasteiger partial charge < -0.3 is 9.64 Å². The molecular formula is C23H21ClF4N4O2. The largest absolute Gasteiger partial charge is 0.471 e. The molecule has 0 spiro atoms. The molecule has 1 fully saturated rings. The first kappa shape index (κ1) is 24.0. The molecule has 6 nitrogen and oxygen atoms in total. The van der Waals surface area contributed by atoms with E-state index in [2.05, 4.69) is 5.10 Å². The Morgan fingerprint density at radius 3 is 2.50 bits per heavy atom. The summed E-state index contributed by atoms with van der Waals surface area (Å²) in [5, 5.41) is 4.55. The second kappa shape index (κ2) is 10.0. The van der Waals surface area contributed by atoms with Gasteiger partial charge in [-0.15, -0.1) is 0 Å². The Morgan fingerprint density at radius 2 is 1.79 bits per heavy atom. The second-order valence-electron chi connectivity index (χ2n) is 7.81. The lowest BCUT2D eigenvalue weighted by molar-refractivity contribution is -0.137. The molecule has 0 aliphatic carbocycles. The molecule has 0 atom stereocenters. The average molecular weight is 497 g/mol. The third kappa shape index (κ3) is 5.68. The number of ether oxygens (including phenoxy) is 1. The Bertz CT molecular complexity index is 1140. The van der Waals surface area contributed by atoms with Gasteiger partial charge in [-0.2, -0.15) is 18.3 Å². The summed E-state index contributed by atoms with van der Waals surface area (Å²) < 4.78 is 59.2. The van der Waals surface area contributed by atoms with Crippen molar-refractivity contribution >= 4 is 17.5 Å². The third-order valence-corrected chi connectivity index (χ3v) is 5.84. The van der Waals surface area contributed by atoms with Crippen molar-refractivity contribution < 1.29 is 27.1 Å². The number of alkyl halides is 3. The van der Waals surface area contributed by atoms with Crippen LogP contribution in [0.1, 0.15) is 21.6 Å². The minimum Gasteiger partial charge on any atom is -0.471 e. The van der Waals surface area contributed by atoms with Crippen LogP contribution in [0.15, 0.2) is 54.7 Å². The van der Waals surface area contributed by atoms with Gasteiger partial charge in [-0.05, 0) is 36.4 Å². The molecule has 11 heteroatoms. The Hall–Kier alpha value is -3.11. The summed E-state index contributed by atoms with van der Waals surface area (Å²) in [6.07, 6.45) is -2.94. The molecule has 1 aliphatic rings. The number of rotatable bonds is 6. The van der Waals surface area contributed by atoms with Crippen LogP contribution in [0.4, 0.5) is 17.6 Å². The highest BCUT2D eigenvalue weighted by Gasteiger charge is 2.30. The first-order valence-corrected chi connectivity index (χ1v) is 10.9. The Balaban J connectivity index is 1.30. The van der Waals surface area contributed by atoms with Crippen LogP contribution in [0.2, 0.25) is 5.02 Å². The first-order chi connectivity index (χ1) is 16.2. The molecule has 34 heavy (non-hydrogen) atoms. The van der Waals surface area contributed by atoms with E-state index in [4.69, 9.17) is 16.3 Å². The van der Waals surface area contributed by atoms with Crippen molar-refractivity contribution in [1.29, 1.82) is 0 Å². The summed E-state index contributed by atoms with van der Waals surface area (Å²) in [7, 11) is 0. The predicted octanol–water partition coefficient (Wildman–Crippen LogP) is 4.69. The Kier molecular flexibility index (Phi) is 7.08. The number of carbonyl (C=O) groups is 1. The van der Waals surface area contributed by atoms with Gasteiger partial charge in [-0.25, -0.2) is 9.07 Å². The molecule has 2 aromatic carbocycles. The van der Waals surface area contributed by atoms with E-state index < -0.39 is 11.7 Å². The number of piperazine rings is 1. The minimum absolute atomic E-state index is 0.0456. The van der Waals surface area contributed by atoms with Crippen LogP contribution in [-0.4, -0.2) is 51.7 Å². The van der Waals surface area contributed by atoms with Crippen LogP contribution >= 0.6 is 11.6 Å². The fourth-order valence-corrected chi connectivity index (χ4v) is 3.85. The van der Waals surface area contributed by atoms with Crippen molar-refractivity contribution in [1.82, 2.24) is 19.6 Å². The highest BCUT2D eigenvalue weighted by atomic mass is 35.5. The van der Waals surface area contributed by atoms with Crippen LogP contribution in [0.3, 0.4) is 0 Å². The van der Waals surface area contributed by atoms with Crippen molar-refractivity contribution in [3.63, 3.8) is 0 Å².